The molecule has 3 rings (SSSR count). The number of nitrogens with zero attached hydrogens (tertiary/aromatic N) is 3. The second kappa shape index (κ2) is 9.86. The van der Waals surface area contributed by atoms with Crippen LogP contribution in [0.4, 0.5) is 0 Å². The first-order valence-corrected chi connectivity index (χ1v) is 9.28. The van der Waals surface area contributed by atoms with Crippen molar-refractivity contribution in [2.75, 3.05) is 20.1 Å². The lowest BCUT2D eigenvalue weighted by Gasteiger charge is -2.10. The van der Waals surface area contributed by atoms with Gasteiger partial charge in [-0.3, -0.25) is 4.99 Å². The Hall–Kier alpha value is -1.68. The fraction of sp³-hybridized carbons (Fsp3) is 0.389. The van der Waals surface area contributed by atoms with Crippen molar-refractivity contribution in [1.29, 1.82) is 0 Å². The minimum Gasteiger partial charge on any atom is -0.356 e. The van der Waals surface area contributed by atoms with Gasteiger partial charge in [-0.25, -0.2) is 9.97 Å². The normalized spacial score (nSPS) is 11.4. The third kappa shape index (κ3) is 5.41. The second-order valence-corrected chi connectivity index (χ2v) is 7.16. The molecule has 0 atom stereocenters. The Morgan fingerprint density at radius 1 is 1.12 bits per heavy atom. The molecule has 0 saturated carbocycles. The van der Waals surface area contributed by atoms with E-state index in [2.05, 4.69) is 44.4 Å². The van der Waals surface area contributed by atoms with Gasteiger partial charge in [0.25, 0.3) is 0 Å². The van der Waals surface area contributed by atoms with E-state index in [4.69, 9.17) is 0 Å². The van der Waals surface area contributed by atoms with Crippen LogP contribution < -0.4 is 10.6 Å². The van der Waals surface area contributed by atoms with Gasteiger partial charge < -0.3 is 15.6 Å². The maximum atomic E-state index is 4.59. The molecule has 0 fully saturated rings. The highest BCUT2D eigenvalue weighted by Gasteiger charge is 2.05. The van der Waals surface area contributed by atoms with Gasteiger partial charge in [0.15, 0.2) is 5.96 Å². The van der Waals surface area contributed by atoms with Crippen molar-refractivity contribution < 1.29 is 0 Å². The number of aliphatic imine (C=N–C) groups is 1. The number of hydrogen-bond donors (Lipinski definition) is 3. The topological polar surface area (TPSA) is 78.0 Å². The zero-order valence-electron chi connectivity index (χ0n) is 15.3. The van der Waals surface area contributed by atoms with Gasteiger partial charge in [0.05, 0.1) is 21.7 Å². The van der Waals surface area contributed by atoms with Crippen molar-refractivity contribution in [3.8, 4) is 0 Å². The van der Waals surface area contributed by atoms with Crippen molar-refractivity contribution in [3.05, 3.63) is 45.7 Å². The first-order valence-electron chi connectivity index (χ1n) is 8.47. The zero-order valence-corrected chi connectivity index (χ0v) is 18.4. The molecular formula is C18H25IN6S. The highest BCUT2D eigenvalue weighted by molar-refractivity contribution is 14.0. The number of hydrogen-bond acceptors (Lipinski definition) is 4. The summed E-state index contributed by atoms with van der Waals surface area (Å²) < 4.78 is 0. The molecule has 26 heavy (non-hydrogen) atoms. The molecule has 0 aliphatic carbocycles. The Labute approximate surface area is 175 Å². The second-order valence-electron chi connectivity index (χ2n) is 5.88. The average molecular weight is 484 g/mol. The summed E-state index contributed by atoms with van der Waals surface area (Å²) >= 11 is 1.77. The minimum atomic E-state index is 0. The van der Waals surface area contributed by atoms with E-state index in [0.717, 1.165) is 54.4 Å². The molecule has 0 amide bonds. The Bertz CT molecular complexity index is 817. The van der Waals surface area contributed by atoms with Crippen LogP contribution in [0.3, 0.4) is 0 Å². The van der Waals surface area contributed by atoms with Gasteiger partial charge in [0.2, 0.25) is 0 Å². The number of imidazole rings is 1. The number of nitrogens with one attached hydrogen (secondary N) is 3. The maximum absolute atomic E-state index is 4.59. The van der Waals surface area contributed by atoms with Crippen molar-refractivity contribution in [1.82, 2.24) is 25.6 Å². The number of guanidine groups is 1. The summed E-state index contributed by atoms with van der Waals surface area (Å²) in [6.45, 7) is 5.76. The SMILES string of the molecule is CN=C(NCCc1nc2ccccc2[nH]1)NCCc1nc(C)c(C)s1.I. The molecule has 140 valence electrons. The van der Waals surface area contributed by atoms with Gasteiger partial charge in [0.1, 0.15) is 5.82 Å². The summed E-state index contributed by atoms with van der Waals surface area (Å²) in [5, 5.41) is 7.83. The van der Waals surface area contributed by atoms with E-state index in [-0.39, 0.29) is 24.0 Å². The van der Waals surface area contributed by atoms with E-state index in [1.807, 2.05) is 24.3 Å². The molecule has 0 bridgehead atoms. The van der Waals surface area contributed by atoms with Crippen molar-refractivity contribution in [2.24, 2.45) is 4.99 Å². The summed E-state index contributed by atoms with van der Waals surface area (Å²) in [4.78, 5) is 18.0. The minimum absolute atomic E-state index is 0. The average Bonchev–Trinajstić information content (AvgIpc) is 3.16. The van der Waals surface area contributed by atoms with Crippen LogP contribution in [-0.2, 0) is 12.8 Å². The molecule has 0 radical (unpaired) electrons. The van der Waals surface area contributed by atoms with E-state index < -0.39 is 0 Å². The number of H-pyrrole nitrogens is 1. The number of halogens is 1. The standard InChI is InChI=1S/C18H24N6S.HI/c1-12-13(2)25-17(22-12)9-11-21-18(19-3)20-10-8-16-23-14-6-4-5-7-15(14)24-16;/h4-7H,8-11H2,1-3H3,(H,23,24)(H2,19,20,21);1H. The van der Waals surface area contributed by atoms with Gasteiger partial charge in [-0.15, -0.1) is 35.3 Å². The van der Waals surface area contributed by atoms with Crippen LogP contribution in [0, 0.1) is 13.8 Å². The van der Waals surface area contributed by atoms with Gasteiger partial charge in [-0.05, 0) is 26.0 Å². The lowest BCUT2D eigenvalue weighted by Crippen LogP contribution is -2.39. The number of aromatic nitrogens is 3. The highest BCUT2D eigenvalue weighted by Crippen LogP contribution is 2.16. The molecule has 2 heterocycles. The third-order valence-corrected chi connectivity index (χ3v) is 5.15. The van der Waals surface area contributed by atoms with Crippen molar-refractivity contribution >= 4 is 52.3 Å². The van der Waals surface area contributed by atoms with Crippen LogP contribution in [-0.4, -0.2) is 41.0 Å². The third-order valence-electron chi connectivity index (χ3n) is 4.02. The molecule has 3 aromatic rings. The molecular weight excluding hydrogens is 459 g/mol. The molecule has 0 spiro atoms. The summed E-state index contributed by atoms with van der Waals surface area (Å²) in [7, 11) is 1.79. The van der Waals surface area contributed by atoms with Crippen LogP contribution in [0.25, 0.3) is 11.0 Å². The largest absolute Gasteiger partial charge is 0.356 e. The van der Waals surface area contributed by atoms with E-state index >= 15 is 0 Å². The predicted molar refractivity (Wildman–Crippen MR) is 120 cm³/mol. The first-order chi connectivity index (χ1) is 12.2. The lowest BCUT2D eigenvalue weighted by atomic mass is 10.3. The molecule has 8 heteroatoms. The number of fused-ring (bicyclic) bond motifs is 1. The Morgan fingerprint density at radius 3 is 2.50 bits per heavy atom. The summed E-state index contributed by atoms with van der Waals surface area (Å²) in [5.74, 6) is 1.79. The first kappa shape index (κ1) is 20.6. The quantitative estimate of drug-likeness (QED) is 0.285. The zero-order chi connectivity index (χ0) is 17.6. The van der Waals surface area contributed by atoms with E-state index in [0.29, 0.717) is 0 Å². The maximum Gasteiger partial charge on any atom is 0.191 e. The Morgan fingerprint density at radius 2 is 1.85 bits per heavy atom. The molecule has 0 aliphatic heterocycles. The monoisotopic (exact) mass is 484 g/mol. The van der Waals surface area contributed by atoms with Gasteiger partial charge in [-0.1, -0.05) is 12.1 Å². The number of benzene rings is 1. The van der Waals surface area contributed by atoms with Crippen LogP contribution in [0.5, 0.6) is 0 Å². The molecule has 0 aliphatic rings. The van der Waals surface area contributed by atoms with Crippen molar-refractivity contribution in [3.63, 3.8) is 0 Å². The highest BCUT2D eigenvalue weighted by atomic mass is 127. The Balaban J connectivity index is 0.00000243. The lowest BCUT2D eigenvalue weighted by molar-refractivity contribution is 0.768. The van der Waals surface area contributed by atoms with E-state index in [1.165, 1.54) is 9.88 Å². The number of rotatable bonds is 6. The number of aromatic amines is 1. The molecule has 6 nitrogen and oxygen atoms in total. The molecule has 1 aromatic carbocycles. The smallest absolute Gasteiger partial charge is 0.191 e. The van der Waals surface area contributed by atoms with Crippen LogP contribution in [0.15, 0.2) is 29.3 Å². The molecule has 0 unspecified atom stereocenters. The van der Waals surface area contributed by atoms with E-state index in [1.54, 1.807) is 18.4 Å². The summed E-state index contributed by atoms with van der Waals surface area (Å²) in [5.41, 5.74) is 3.22. The molecule has 2 aromatic heterocycles. The summed E-state index contributed by atoms with van der Waals surface area (Å²) in [6, 6.07) is 8.08. The van der Waals surface area contributed by atoms with Gasteiger partial charge in [0, 0.05) is 37.9 Å². The molecule has 3 N–H and O–H groups in total. The Kier molecular flexibility index (Phi) is 7.83. The molecule has 0 saturated heterocycles. The number of thiazole rings is 1. The van der Waals surface area contributed by atoms with Gasteiger partial charge in [-0.2, -0.15) is 0 Å². The predicted octanol–water partition coefficient (Wildman–Crippen LogP) is 3.20. The fourth-order valence-corrected chi connectivity index (χ4v) is 3.51. The summed E-state index contributed by atoms with van der Waals surface area (Å²) in [6.07, 6.45) is 1.73. The number of aryl methyl sites for hydroxylation is 2. The van der Waals surface area contributed by atoms with Crippen molar-refractivity contribution in [2.45, 2.75) is 26.7 Å². The fourth-order valence-electron chi connectivity index (χ4n) is 2.58. The number of para-hydroxylation sites is 2. The van der Waals surface area contributed by atoms with Gasteiger partial charge >= 0.3 is 0 Å². The van der Waals surface area contributed by atoms with Crippen LogP contribution >= 0.6 is 35.3 Å². The van der Waals surface area contributed by atoms with Crippen LogP contribution in [0.2, 0.25) is 0 Å². The van der Waals surface area contributed by atoms with E-state index in [9.17, 15) is 0 Å². The van der Waals surface area contributed by atoms with Crippen LogP contribution in [0.1, 0.15) is 21.4 Å².